The highest BCUT2D eigenvalue weighted by molar-refractivity contribution is 5.05. The largest absolute Gasteiger partial charge is 0.268 e. The molecule has 2 fully saturated rings. The summed E-state index contributed by atoms with van der Waals surface area (Å²) in [7, 11) is 0. The van der Waals surface area contributed by atoms with Gasteiger partial charge in [0.25, 0.3) is 0 Å². The molecule has 1 aliphatic heterocycles. The van der Waals surface area contributed by atoms with Crippen LogP contribution in [0.15, 0.2) is 0 Å². The van der Waals surface area contributed by atoms with Crippen LogP contribution >= 0.6 is 0 Å². The maximum absolute atomic E-state index is 5.71. The zero-order chi connectivity index (χ0) is 5.61. The molecule has 2 nitrogen and oxygen atoms in total. The van der Waals surface area contributed by atoms with E-state index in [1.165, 1.54) is 25.7 Å². The van der Waals surface area contributed by atoms with Crippen LogP contribution in [0.25, 0.3) is 0 Å². The maximum atomic E-state index is 5.71. The van der Waals surface area contributed by atoms with Gasteiger partial charge in [-0.15, -0.1) is 0 Å². The first kappa shape index (κ1) is 4.77. The van der Waals surface area contributed by atoms with Crippen molar-refractivity contribution in [1.82, 2.24) is 5.01 Å². The van der Waals surface area contributed by atoms with Gasteiger partial charge in [0.1, 0.15) is 0 Å². The molecular weight excluding hydrogens is 100 g/mol. The molecule has 8 heavy (non-hydrogen) atoms. The van der Waals surface area contributed by atoms with E-state index in [1.54, 1.807) is 0 Å². The summed E-state index contributed by atoms with van der Waals surface area (Å²) in [4.78, 5) is 0. The van der Waals surface area contributed by atoms with Crippen LogP contribution in [0.3, 0.4) is 0 Å². The molecule has 2 N–H and O–H groups in total. The summed E-state index contributed by atoms with van der Waals surface area (Å²) in [6.07, 6.45) is 5.37. The molecule has 2 aliphatic rings. The van der Waals surface area contributed by atoms with E-state index in [9.17, 15) is 0 Å². The highest BCUT2D eigenvalue weighted by Gasteiger charge is 2.49. The van der Waals surface area contributed by atoms with Gasteiger partial charge in [0, 0.05) is 12.1 Å². The van der Waals surface area contributed by atoms with Gasteiger partial charge in [0.2, 0.25) is 0 Å². The third-order valence-electron chi connectivity index (χ3n) is 2.48. The lowest BCUT2D eigenvalue weighted by atomic mass is 10.2. The molecule has 0 amide bonds. The number of nitrogens with two attached hydrogens (primary N) is 1. The second-order valence-corrected chi connectivity index (χ2v) is 3.02. The minimum Gasteiger partial charge on any atom is -0.268 e. The van der Waals surface area contributed by atoms with Crippen LogP contribution in [0.4, 0.5) is 0 Å². The first-order valence-electron chi connectivity index (χ1n) is 3.36. The molecule has 1 saturated heterocycles. The van der Waals surface area contributed by atoms with E-state index >= 15 is 0 Å². The van der Waals surface area contributed by atoms with Crippen molar-refractivity contribution in [1.29, 1.82) is 0 Å². The van der Waals surface area contributed by atoms with Gasteiger partial charge in [-0.3, -0.25) is 5.84 Å². The smallest absolute Gasteiger partial charge is 0.0353 e. The van der Waals surface area contributed by atoms with Gasteiger partial charge in [0.05, 0.1) is 0 Å². The van der Waals surface area contributed by atoms with Gasteiger partial charge in [-0.1, -0.05) is 0 Å². The first-order valence-corrected chi connectivity index (χ1v) is 3.36. The number of hydrazine groups is 1. The topological polar surface area (TPSA) is 29.3 Å². The molecule has 0 unspecified atom stereocenters. The van der Waals surface area contributed by atoms with Crippen molar-refractivity contribution in [2.45, 2.75) is 31.2 Å². The standard InChI is InChI=1S/C6H12N2/c7-8-5-1-2-6(8)3-4-6/h1-5,7H2. The highest BCUT2D eigenvalue weighted by Crippen LogP contribution is 2.47. The van der Waals surface area contributed by atoms with Gasteiger partial charge >= 0.3 is 0 Å². The zero-order valence-electron chi connectivity index (χ0n) is 5.06. The fraction of sp³-hybridized carbons (Fsp3) is 1.00. The van der Waals surface area contributed by atoms with Crippen molar-refractivity contribution < 1.29 is 0 Å². The Balaban J connectivity index is 2.12. The summed E-state index contributed by atoms with van der Waals surface area (Å²) in [6.45, 7) is 1.12. The Morgan fingerprint density at radius 3 is 2.25 bits per heavy atom. The molecule has 2 rings (SSSR count). The maximum Gasteiger partial charge on any atom is 0.0353 e. The molecule has 0 aromatic rings. The minimum absolute atomic E-state index is 0.514. The summed E-state index contributed by atoms with van der Waals surface area (Å²) >= 11 is 0. The molecule has 0 aromatic heterocycles. The van der Waals surface area contributed by atoms with Crippen LogP contribution in [0.1, 0.15) is 25.7 Å². The van der Waals surface area contributed by atoms with Crippen molar-refractivity contribution in [3.8, 4) is 0 Å². The normalized spacial score (nSPS) is 34.1. The van der Waals surface area contributed by atoms with Crippen LogP contribution in [0.2, 0.25) is 0 Å². The lowest BCUT2D eigenvalue weighted by molar-refractivity contribution is 0.243. The molecule has 46 valence electrons. The summed E-state index contributed by atoms with van der Waals surface area (Å²) < 4.78 is 0. The molecule has 2 heteroatoms. The van der Waals surface area contributed by atoms with E-state index in [4.69, 9.17) is 5.84 Å². The van der Waals surface area contributed by atoms with E-state index in [0.29, 0.717) is 5.54 Å². The van der Waals surface area contributed by atoms with Gasteiger partial charge in [-0.05, 0) is 25.7 Å². The lowest BCUT2D eigenvalue weighted by Gasteiger charge is -2.16. The second-order valence-electron chi connectivity index (χ2n) is 3.02. The molecular formula is C6H12N2. The molecule has 0 atom stereocenters. The van der Waals surface area contributed by atoms with Crippen molar-refractivity contribution in [3.05, 3.63) is 0 Å². The van der Waals surface area contributed by atoms with E-state index in [0.717, 1.165) is 6.54 Å². The van der Waals surface area contributed by atoms with Crippen LogP contribution in [0, 0.1) is 0 Å². The van der Waals surface area contributed by atoms with E-state index in [-0.39, 0.29) is 0 Å². The highest BCUT2D eigenvalue weighted by atomic mass is 15.5. The first-order chi connectivity index (χ1) is 3.83. The lowest BCUT2D eigenvalue weighted by Crippen LogP contribution is -2.37. The molecule has 1 aliphatic carbocycles. The number of hydrogen-bond acceptors (Lipinski definition) is 2. The van der Waals surface area contributed by atoms with Gasteiger partial charge in [-0.25, -0.2) is 5.01 Å². The van der Waals surface area contributed by atoms with E-state index < -0.39 is 0 Å². The summed E-state index contributed by atoms with van der Waals surface area (Å²) in [6, 6.07) is 0. The Morgan fingerprint density at radius 1 is 1.25 bits per heavy atom. The van der Waals surface area contributed by atoms with E-state index in [2.05, 4.69) is 0 Å². The Labute approximate surface area is 49.6 Å². The number of nitrogens with zero attached hydrogens (tertiary/aromatic N) is 1. The summed E-state index contributed by atoms with van der Waals surface area (Å²) in [5.74, 6) is 5.71. The average Bonchev–Trinajstić information content (AvgIpc) is 2.39. The Hall–Kier alpha value is -0.0800. The van der Waals surface area contributed by atoms with Crippen molar-refractivity contribution in [2.24, 2.45) is 5.84 Å². The summed E-state index contributed by atoms with van der Waals surface area (Å²) in [5, 5.41) is 2.03. The van der Waals surface area contributed by atoms with Crippen LogP contribution in [-0.2, 0) is 0 Å². The quantitative estimate of drug-likeness (QED) is 0.462. The zero-order valence-corrected chi connectivity index (χ0v) is 5.06. The number of hydrogen-bond donors (Lipinski definition) is 1. The monoisotopic (exact) mass is 112 g/mol. The predicted molar refractivity (Wildman–Crippen MR) is 32.1 cm³/mol. The Bertz CT molecular complexity index is 107. The molecule has 1 heterocycles. The van der Waals surface area contributed by atoms with Gasteiger partial charge < -0.3 is 0 Å². The third kappa shape index (κ3) is 0.446. The minimum atomic E-state index is 0.514. The molecule has 0 bridgehead atoms. The summed E-state index contributed by atoms with van der Waals surface area (Å²) in [5.41, 5.74) is 0.514. The molecule has 1 spiro atoms. The molecule has 1 saturated carbocycles. The SMILES string of the molecule is NN1CCCC12CC2. The number of rotatable bonds is 0. The van der Waals surface area contributed by atoms with Gasteiger partial charge in [0.15, 0.2) is 0 Å². The predicted octanol–water partition coefficient (Wildman–Crippen LogP) is 0.488. The van der Waals surface area contributed by atoms with Crippen LogP contribution < -0.4 is 5.84 Å². The van der Waals surface area contributed by atoms with Crippen molar-refractivity contribution >= 4 is 0 Å². The van der Waals surface area contributed by atoms with E-state index in [1.807, 2.05) is 5.01 Å². The Morgan fingerprint density at radius 2 is 2.00 bits per heavy atom. The van der Waals surface area contributed by atoms with Crippen LogP contribution in [-0.4, -0.2) is 17.1 Å². The third-order valence-corrected chi connectivity index (χ3v) is 2.48. The Kier molecular flexibility index (Phi) is 0.746. The van der Waals surface area contributed by atoms with Crippen molar-refractivity contribution in [2.75, 3.05) is 6.54 Å². The second kappa shape index (κ2) is 1.25. The molecule has 0 radical (unpaired) electrons. The average molecular weight is 112 g/mol. The fourth-order valence-electron chi connectivity index (χ4n) is 1.64. The molecule has 0 aromatic carbocycles. The van der Waals surface area contributed by atoms with Gasteiger partial charge in [-0.2, -0.15) is 0 Å². The van der Waals surface area contributed by atoms with Crippen molar-refractivity contribution in [3.63, 3.8) is 0 Å². The fourth-order valence-corrected chi connectivity index (χ4v) is 1.64. The van der Waals surface area contributed by atoms with Crippen LogP contribution in [0.5, 0.6) is 0 Å².